The van der Waals surface area contributed by atoms with E-state index < -0.39 is 79.9 Å². The van der Waals surface area contributed by atoms with Gasteiger partial charge < -0.3 is 55.1 Å². The summed E-state index contributed by atoms with van der Waals surface area (Å²) in [6.07, 6.45) is 1.27. The highest BCUT2D eigenvalue weighted by molar-refractivity contribution is 5.70. The van der Waals surface area contributed by atoms with Crippen molar-refractivity contribution in [3.05, 3.63) is 0 Å². The molecule has 0 unspecified atom stereocenters. The van der Waals surface area contributed by atoms with Crippen LogP contribution in [0.1, 0.15) is 96.8 Å². The molecule has 2 heterocycles. The second kappa shape index (κ2) is 17.3. The van der Waals surface area contributed by atoms with E-state index in [1.165, 1.54) is 51.4 Å². The topological polar surface area (TPSA) is 207 Å². The zero-order valence-electron chi connectivity index (χ0n) is 23.8. The minimum atomic E-state index is -2.83. The van der Waals surface area contributed by atoms with Crippen LogP contribution in [0.3, 0.4) is 0 Å². The van der Waals surface area contributed by atoms with E-state index in [1.54, 1.807) is 0 Å². The van der Waals surface area contributed by atoms with Gasteiger partial charge in [0, 0.05) is 6.42 Å². The smallest absolute Gasteiger partial charge is 0.308 e. The molecule has 2 aliphatic rings. The molecule has 0 aromatic rings. The van der Waals surface area contributed by atoms with E-state index in [0.717, 1.165) is 25.7 Å². The Morgan fingerprint density at radius 1 is 0.650 bits per heavy atom. The van der Waals surface area contributed by atoms with Gasteiger partial charge >= 0.3 is 5.97 Å². The molecule has 0 radical (unpaired) electrons. The van der Waals surface area contributed by atoms with Crippen LogP contribution in [0.4, 0.5) is 0 Å². The fourth-order valence-corrected chi connectivity index (χ4v) is 5.73. The van der Waals surface area contributed by atoms with Crippen LogP contribution in [-0.2, 0) is 19.0 Å². The zero-order valence-corrected chi connectivity index (χ0v) is 23.8. The summed E-state index contributed by atoms with van der Waals surface area (Å²) in [5.41, 5.74) is -2.56. The summed E-state index contributed by atoms with van der Waals surface area (Å²) < 4.78 is 16.7. The summed E-state index contributed by atoms with van der Waals surface area (Å²) in [6, 6.07) is 0. The minimum absolute atomic E-state index is 0.123. The Morgan fingerprint density at radius 2 is 1.12 bits per heavy atom. The van der Waals surface area contributed by atoms with E-state index in [-0.39, 0.29) is 6.42 Å². The highest BCUT2D eigenvalue weighted by Gasteiger charge is 2.74. The largest absolute Gasteiger partial charge is 0.427 e. The van der Waals surface area contributed by atoms with Crippen molar-refractivity contribution in [3.63, 3.8) is 0 Å². The van der Waals surface area contributed by atoms with E-state index in [2.05, 4.69) is 6.92 Å². The van der Waals surface area contributed by atoms with Crippen molar-refractivity contribution in [1.82, 2.24) is 0 Å². The summed E-state index contributed by atoms with van der Waals surface area (Å²) in [6.45, 7) is -0.644. The molecule has 0 aliphatic carbocycles. The molecule has 2 aliphatic heterocycles. The van der Waals surface area contributed by atoms with Crippen molar-refractivity contribution in [3.8, 4) is 0 Å². The molecule has 0 amide bonds. The van der Waals surface area contributed by atoms with Gasteiger partial charge in [-0.1, -0.05) is 84.0 Å². The van der Waals surface area contributed by atoms with E-state index in [9.17, 15) is 45.6 Å². The third kappa shape index (κ3) is 8.12. The molecule has 8 N–H and O–H groups in total. The van der Waals surface area contributed by atoms with Gasteiger partial charge in [0.25, 0.3) is 5.79 Å². The number of hydrogen-bond donors (Lipinski definition) is 8. The molecular formula is C28H52O12. The number of ether oxygens (including phenoxy) is 3. The number of rotatable bonds is 19. The molecule has 0 bridgehead atoms. The minimum Gasteiger partial charge on any atom is -0.427 e. The molecule has 12 nitrogen and oxygen atoms in total. The first-order valence-corrected chi connectivity index (χ1v) is 15.0. The lowest BCUT2D eigenvalue weighted by Crippen LogP contribution is -2.78. The molecule has 236 valence electrons. The Hall–Kier alpha value is -0.930. The van der Waals surface area contributed by atoms with Crippen LogP contribution in [-0.4, -0.2) is 121 Å². The number of aliphatic hydroxyl groups is 8. The van der Waals surface area contributed by atoms with Crippen molar-refractivity contribution in [2.24, 2.45) is 0 Å². The Bertz CT molecular complexity index is 723. The molecule has 2 saturated heterocycles. The Kier molecular flexibility index (Phi) is 15.2. The number of unbranched alkanes of at least 4 members (excludes halogenated alkanes) is 12. The average molecular weight is 581 g/mol. The molecule has 0 aromatic heterocycles. The Balaban J connectivity index is 1.96. The second-order valence-electron chi connectivity index (χ2n) is 11.2. The van der Waals surface area contributed by atoms with Crippen LogP contribution in [0.25, 0.3) is 0 Å². The first-order valence-electron chi connectivity index (χ1n) is 15.0. The van der Waals surface area contributed by atoms with Crippen LogP contribution in [0.2, 0.25) is 0 Å². The van der Waals surface area contributed by atoms with Gasteiger partial charge in [0.15, 0.2) is 11.7 Å². The predicted molar refractivity (Wildman–Crippen MR) is 143 cm³/mol. The van der Waals surface area contributed by atoms with Crippen molar-refractivity contribution >= 4 is 5.97 Å². The first-order chi connectivity index (χ1) is 19.2. The van der Waals surface area contributed by atoms with E-state index in [1.807, 2.05) is 0 Å². The predicted octanol–water partition coefficient (Wildman–Crippen LogP) is 0.0250. The van der Waals surface area contributed by atoms with Crippen molar-refractivity contribution in [1.29, 1.82) is 0 Å². The van der Waals surface area contributed by atoms with Crippen molar-refractivity contribution in [2.45, 2.75) is 151 Å². The molecule has 0 saturated carbocycles. The van der Waals surface area contributed by atoms with Gasteiger partial charge in [-0.05, 0) is 6.42 Å². The number of hydrogen-bond acceptors (Lipinski definition) is 12. The van der Waals surface area contributed by atoms with Crippen LogP contribution in [0, 0.1) is 0 Å². The number of carbonyl (C=O) groups is 1. The standard InChI is InChI=1S/C28H52O12/c1-2-3-4-5-6-7-8-9-10-11-12-13-14-15-21(32)40-28(26(37)24(35)22(33)19(16-29)39-28)27(18-31)25(36)23(34)20(17-30)38-27/h19-20,22-26,29-31,33-37H,2-18H2,1H3/t19-,20-,22-,23-,24+,25+,26-,27+,28+/m1/s1. The highest BCUT2D eigenvalue weighted by atomic mass is 16.8. The fraction of sp³-hybridized carbons (Fsp3) is 0.964. The van der Waals surface area contributed by atoms with Crippen molar-refractivity contribution in [2.75, 3.05) is 19.8 Å². The number of esters is 1. The Morgan fingerprint density at radius 3 is 1.57 bits per heavy atom. The lowest BCUT2D eigenvalue weighted by Gasteiger charge is -2.54. The normalized spacial score (nSPS) is 36.2. The summed E-state index contributed by atoms with van der Waals surface area (Å²) in [7, 11) is 0. The SMILES string of the molecule is CCCCCCCCCCCCCCCC(=O)O[C@@]1([C@@]2(CO)O[C@H](CO)[C@@H](O)[C@@H]2O)O[C@H](CO)[C@@H](O)[C@H](O)[C@H]1O. The molecule has 40 heavy (non-hydrogen) atoms. The molecule has 12 heteroatoms. The highest BCUT2D eigenvalue weighted by Crippen LogP contribution is 2.48. The lowest BCUT2D eigenvalue weighted by molar-refractivity contribution is -0.415. The summed E-state index contributed by atoms with van der Waals surface area (Å²) >= 11 is 0. The van der Waals surface area contributed by atoms with Crippen LogP contribution in [0.5, 0.6) is 0 Å². The van der Waals surface area contributed by atoms with Gasteiger partial charge in [0.2, 0.25) is 0 Å². The maximum absolute atomic E-state index is 13.0. The number of aliphatic hydroxyl groups excluding tert-OH is 8. The Labute approximate surface area is 236 Å². The van der Waals surface area contributed by atoms with E-state index in [0.29, 0.717) is 6.42 Å². The summed E-state index contributed by atoms with van der Waals surface area (Å²) in [5, 5.41) is 82.6. The quantitative estimate of drug-likeness (QED) is 0.0752. The van der Waals surface area contributed by atoms with Crippen molar-refractivity contribution < 1.29 is 59.9 Å². The molecule has 9 atom stereocenters. The third-order valence-electron chi connectivity index (χ3n) is 8.25. The monoisotopic (exact) mass is 580 g/mol. The summed E-state index contributed by atoms with van der Waals surface area (Å²) in [4.78, 5) is 13.0. The van der Waals surface area contributed by atoms with Crippen LogP contribution in [0.15, 0.2) is 0 Å². The fourth-order valence-electron chi connectivity index (χ4n) is 5.73. The van der Waals surface area contributed by atoms with Gasteiger partial charge in [-0.2, -0.15) is 0 Å². The van der Waals surface area contributed by atoms with Crippen LogP contribution < -0.4 is 0 Å². The zero-order chi connectivity index (χ0) is 29.8. The molecule has 0 aromatic carbocycles. The summed E-state index contributed by atoms with van der Waals surface area (Å²) in [5.74, 6) is -3.74. The van der Waals surface area contributed by atoms with E-state index in [4.69, 9.17) is 14.2 Å². The molecular weight excluding hydrogens is 528 g/mol. The maximum Gasteiger partial charge on any atom is 0.308 e. The molecule has 2 fully saturated rings. The second-order valence-corrected chi connectivity index (χ2v) is 11.2. The first kappa shape index (κ1) is 35.3. The van der Waals surface area contributed by atoms with Gasteiger partial charge in [0.05, 0.1) is 19.8 Å². The third-order valence-corrected chi connectivity index (χ3v) is 8.25. The van der Waals surface area contributed by atoms with Gasteiger partial charge in [-0.3, -0.25) is 4.79 Å². The van der Waals surface area contributed by atoms with Gasteiger partial charge in [-0.25, -0.2) is 0 Å². The van der Waals surface area contributed by atoms with Gasteiger partial charge in [0.1, 0.15) is 36.6 Å². The van der Waals surface area contributed by atoms with Crippen LogP contribution >= 0.6 is 0 Å². The number of carbonyl (C=O) groups excluding carboxylic acids is 1. The lowest BCUT2D eigenvalue weighted by atomic mass is 9.78. The molecule has 2 rings (SSSR count). The molecule has 0 spiro atoms. The van der Waals surface area contributed by atoms with Gasteiger partial charge in [-0.15, -0.1) is 0 Å². The average Bonchev–Trinajstić information content (AvgIpc) is 3.21. The van der Waals surface area contributed by atoms with E-state index >= 15 is 0 Å². The maximum atomic E-state index is 13.0.